The third kappa shape index (κ3) is 3.66. The summed E-state index contributed by atoms with van der Waals surface area (Å²) < 4.78 is 17.7. The summed E-state index contributed by atoms with van der Waals surface area (Å²) in [5.41, 5.74) is -0.158. The number of aliphatic hydroxyl groups is 2. The van der Waals surface area contributed by atoms with Gasteiger partial charge in [0.25, 0.3) is 0 Å². The van der Waals surface area contributed by atoms with Gasteiger partial charge in [-0.1, -0.05) is 11.6 Å². The Balaban J connectivity index is 2.84. The monoisotopic (exact) mass is 262 g/mol. The Morgan fingerprint density at radius 1 is 1.53 bits per heavy atom. The van der Waals surface area contributed by atoms with E-state index in [1.807, 2.05) is 0 Å². The predicted octanol–water partition coefficient (Wildman–Crippen LogP) is 1.44. The number of benzene rings is 1. The molecule has 0 amide bonds. The summed E-state index contributed by atoms with van der Waals surface area (Å²) >= 11 is 5.65. The van der Waals surface area contributed by atoms with Crippen LogP contribution in [0.15, 0.2) is 18.2 Å². The van der Waals surface area contributed by atoms with Crippen LogP contribution in [0.3, 0.4) is 0 Å². The number of rotatable bonds is 4. The second kappa shape index (κ2) is 5.95. The fourth-order valence-electron chi connectivity index (χ4n) is 1.31. The van der Waals surface area contributed by atoms with Gasteiger partial charge < -0.3 is 14.9 Å². The minimum Gasteiger partial charge on any atom is -0.469 e. The molecule has 2 unspecified atom stereocenters. The zero-order valence-electron chi connectivity index (χ0n) is 9.06. The van der Waals surface area contributed by atoms with Gasteiger partial charge in [-0.3, -0.25) is 4.79 Å². The lowest BCUT2D eigenvalue weighted by atomic mass is 10.0. The Morgan fingerprint density at radius 2 is 2.18 bits per heavy atom. The van der Waals surface area contributed by atoms with E-state index in [9.17, 15) is 19.4 Å². The van der Waals surface area contributed by atoms with Gasteiger partial charge in [0.2, 0.25) is 0 Å². The molecule has 6 heteroatoms. The summed E-state index contributed by atoms with van der Waals surface area (Å²) in [6, 6.07) is 3.59. The van der Waals surface area contributed by atoms with Crippen molar-refractivity contribution in [2.45, 2.75) is 18.6 Å². The molecule has 2 N–H and O–H groups in total. The molecule has 0 spiro atoms. The van der Waals surface area contributed by atoms with Crippen LogP contribution in [0, 0.1) is 5.82 Å². The van der Waals surface area contributed by atoms with Gasteiger partial charge in [-0.2, -0.15) is 0 Å². The first-order chi connectivity index (χ1) is 7.95. The van der Waals surface area contributed by atoms with Gasteiger partial charge in [0, 0.05) is 10.6 Å². The molecule has 0 saturated carbocycles. The van der Waals surface area contributed by atoms with E-state index in [0.29, 0.717) is 0 Å². The van der Waals surface area contributed by atoms with E-state index in [1.165, 1.54) is 12.1 Å². The van der Waals surface area contributed by atoms with Crippen LogP contribution in [-0.2, 0) is 9.53 Å². The summed E-state index contributed by atoms with van der Waals surface area (Å²) in [6.45, 7) is 0. The van der Waals surface area contributed by atoms with Crippen molar-refractivity contribution in [2.24, 2.45) is 0 Å². The molecule has 0 heterocycles. The van der Waals surface area contributed by atoms with Crippen LogP contribution in [0.1, 0.15) is 18.1 Å². The van der Waals surface area contributed by atoms with Gasteiger partial charge >= 0.3 is 5.97 Å². The zero-order valence-corrected chi connectivity index (χ0v) is 9.82. The first-order valence-corrected chi connectivity index (χ1v) is 5.21. The first-order valence-electron chi connectivity index (χ1n) is 4.83. The molecule has 2 atom stereocenters. The highest BCUT2D eigenvalue weighted by Crippen LogP contribution is 2.25. The molecule has 0 radical (unpaired) electrons. The second-order valence-corrected chi connectivity index (χ2v) is 3.89. The Hall–Kier alpha value is -1.17. The molecule has 0 aromatic heterocycles. The highest BCUT2D eigenvalue weighted by Gasteiger charge is 2.24. The van der Waals surface area contributed by atoms with E-state index in [1.54, 1.807) is 0 Å². The Morgan fingerprint density at radius 3 is 2.76 bits per heavy atom. The number of hydrogen-bond acceptors (Lipinski definition) is 4. The molecule has 0 fully saturated rings. The lowest BCUT2D eigenvalue weighted by Gasteiger charge is -2.17. The molecule has 1 rings (SSSR count). The molecule has 1 aromatic rings. The van der Waals surface area contributed by atoms with Crippen LogP contribution < -0.4 is 0 Å². The van der Waals surface area contributed by atoms with E-state index in [0.717, 1.165) is 13.2 Å². The molecular weight excluding hydrogens is 251 g/mol. The van der Waals surface area contributed by atoms with Crippen molar-refractivity contribution in [3.63, 3.8) is 0 Å². The van der Waals surface area contributed by atoms with Gasteiger partial charge in [0.05, 0.1) is 19.6 Å². The molecule has 0 aliphatic carbocycles. The summed E-state index contributed by atoms with van der Waals surface area (Å²) in [6.07, 6.45) is -3.41. The molecule has 0 saturated heterocycles. The summed E-state index contributed by atoms with van der Waals surface area (Å²) in [4.78, 5) is 10.9. The molecule has 1 aromatic carbocycles. The van der Waals surface area contributed by atoms with Gasteiger partial charge in [-0.05, 0) is 18.2 Å². The number of carbonyl (C=O) groups is 1. The number of carbonyl (C=O) groups excluding carboxylic acids is 1. The average molecular weight is 263 g/mol. The zero-order chi connectivity index (χ0) is 13.0. The minimum atomic E-state index is -1.53. The van der Waals surface area contributed by atoms with E-state index in [-0.39, 0.29) is 10.6 Å². The van der Waals surface area contributed by atoms with Crippen LogP contribution in [-0.4, -0.2) is 29.4 Å². The van der Waals surface area contributed by atoms with Crippen LogP contribution in [0.4, 0.5) is 4.39 Å². The average Bonchev–Trinajstić information content (AvgIpc) is 2.31. The van der Waals surface area contributed by atoms with Gasteiger partial charge in [0.15, 0.2) is 0 Å². The van der Waals surface area contributed by atoms with Crippen molar-refractivity contribution in [1.82, 2.24) is 0 Å². The van der Waals surface area contributed by atoms with E-state index in [2.05, 4.69) is 4.74 Å². The van der Waals surface area contributed by atoms with Crippen molar-refractivity contribution in [2.75, 3.05) is 7.11 Å². The van der Waals surface area contributed by atoms with Crippen molar-refractivity contribution < 1.29 is 24.1 Å². The fraction of sp³-hybridized carbons (Fsp3) is 0.364. The molecule has 0 aliphatic rings. The first kappa shape index (κ1) is 13.9. The van der Waals surface area contributed by atoms with Crippen molar-refractivity contribution in [1.29, 1.82) is 0 Å². The van der Waals surface area contributed by atoms with Crippen LogP contribution in [0.25, 0.3) is 0 Å². The highest BCUT2D eigenvalue weighted by atomic mass is 35.5. The summed E-state index contributed by atoms with van der Waals surface area (Å²) in [7, 11) is 1.15. The normalized spacial score (nSPS) is 14.2. The standard InChI is InChI=1S/C11H12ClFO4/c1-17-10(15)5-9(14)11(16)7-4-6(12)2-3-8(7)13/h2-4,9,11,14,16H,5H2,1H3. The molecule has 0 aliphatic heterocycles. The number of hydrogen-bond donors (Lipinski definition) is 2. The highest BCUT2D eigenvalue weighted by molar-refractivity contribution is 6.30. The maximum atomic E-state index is 13.4. The van der Waals surface area contributed by atoms with Gasteiger partial charge in [0.1, 0.15) is 11.9 Å². The van der Waals surface area contributed by atoms with E-state index in [4.69, 9.17) is 11.6 Å². The fourth-order valence-corrected chi connectivity index (χ4v) is 1.49. The third-order valence-corrected chi connectivity index (χ3v) is 2.48. The smallest absolute Gasteiger partial charge is 0.308 e. The third-order valence-electron chi connectivity index (χ3n) is 2.24. The Labute approximate surface area is 103 Å². The van der Waals surface area contributed by atoms with E-state index < -0.39 is 30.4 Å². The van der Waals surface area contributed by atoms with Crippen molar-refractivity contribution >= 4 is 17.6 Å². The minimum absolute atomic E-state index is 0.158. The Kier molecular flexibility index (Phi) is 4.86. The number of ether oxygens (including phenoxy) is 1. The SMILES string of the molecule is COC(=O)CC(O)C(O)c1cc(Cl)ccc1F. The van der Waals surface area contributed by atoms with Gasteiger partial charge in [-0.15, -0.1) is 0 Å². The molecule has 94 valence electrons. The second-order valence-electron chi connectivity index (χ2n) is 3.46. The number of methoxy groups -OCH3 is 1. The number of aliphatic hydroxyl groups excluding tert-OH is 2. The molecular formula is C11H12ClFO4. The predicted molar refractivity (Wildman–Crippen MR) is 59.0 cm³/mol. The topological polar surface area (TPSA) is 66.8 Å². The molecule has 0 bridgehead atoms. The van der Waals surface area contributed by atoms with E-state index >= 15 is 0 Å². The molecule has 17 heavy (non-hydrogen) atoms. The summed E-state index contributed by atoms with van der Waals surface area (Å²) in [5, 5.41) is 19.4. The maximum absolute atomic E-state index is 13.4. The summed E-state index contributed by atoms with van der Waals surface area (Å²) in [5.74, 6) is -1.40. The lowest BCUT2D eigenvalue weighted by molar-refractivity contribution is -0.144. The lowest BCUT2D eigenvalue weighted by Crippen LogP contribution is -2.23. The van der Waals surface area contributed by atoms with Crippen molar-refractivity contribution in [3.05, 3.63) is 34.6 Å². The number of halogens is 2. The quantitative estimate of drug-likeness (QED) is 0.806. The van der Waals surface area contributed by atoms with Crippen LogP contribution >= 0.6 is 11.6 Å². The number of esters is 1. The molecule has 4 nitrogen and oxygen atoms in total. The maximum Gasteiger partial charge on any atom is 0.308 e. The van der Waals surface area contributed by atoms with Crippen molar-refractivity contribution in [3.8, 4) is 0 Å². The van der Waals surface area contributed by atoms with Crippen LogP contribution in [0.2, 0.25) is 5.02 Å². The largest absolute Gasteiger partial charge is 0.469 e. The van der Waals surface area contributed by atoms with Crippen LogP contribution in [0.5, 0.6) is 0 Å². The Bertz CT molecular complexity index is 410. The van der Waals surface area contributed by atoms with Gasteiger partial charge in [-0.25, -0.2) is 4.39 Å².